The molecule has 0 heterocycles. The molecule has 0 saturated carbocycles. The van der Waals surface area contributed by atoms with Crippen LogP contribution in [-0.2, 0) is 16.0 Å². The van der Waals surface area contributed by atoms with Gasteiger partial charge in [0.1, 0.15) is 5.75 Å². The Morgan fingerprint density at radius 3 is 2.27 bits per heavy atom. The molecular weight excluding hydrogens is 328 g/mol. The molecule has 0 fully saturated rings. The van der Waals surface area contributed by atoms with Crippen LogP contribution in [0, 0.1) is 0 Å². The second-order valence-corrected chi connectivity index (χ2v) is 6.34. The molecule has 0 aromatic heterocycles. The van der Waals surface area contributed by atoms with Crippen LogP contribution in [0.25, 0.3) is 0 Å². The van der Waals surface area contributed by atoms with Gasteiger partial charge in [0, 0.05) is 12.2 Å². The maximum atomic E-state index is 11.9. The van der Waals surface area contributed by atoms with Crippen LogP contribution in [0.5, 0.6) is 5.75 Å². The molecule has 0 saturated heterocycles. The molecule has 0 aliphatic heterocycles. The molecule has 0 atom stereocenters. The Kier molecular flexibility index (Phi) is 7.68. The second-order valence-electron chi connectivity index (χ2n) is 6.34. The van der Waals surface area contributed by atoms with Crippen LogP contribution in [-0.4, -0.2) is 24.5 Å². The van der Waals surface area contributed by atoms with Crippen LogP contribution in [0.1, 0.15) is 32.3 Å². The third kappa shape index (κ3) is 6.97. The minimum Gasteiger partial charge on any atom is -0.491 e. The van der Waals surface area contributed by atoms with Crippen molar-refractivity contribution in [1.29, 1.82) is 0 Å². The Hall–Kier alpha value is -2.82. The standard InChI is InChI=1S/C21H26N2O3/c1-16(2)26-19-13-11-18(12-14-19)23-21(25)20(24)22-15-7-6-10-17-8-4-3-5-9-17/h3-5,8-9,11-14,16H,6-7,10,15H2,1-2H3,(H,22,24)(H,23,25). The molecule has 2 amide bonds. The van der Waals surface area contributed by atoms with E-state index in [-0.39, 0.29) is 6.10 Å². The van der Waals surface area contributed by atoms with E-state index in [0.29, 0.717) is 12.2 Å². The molecule has 0 bridgehead atoms. The van der Waals surface area contributed by atoms with E-state index in [1.165, 1.54) is 5.56 Å². The molecule has 2 aromatic carbocycles. The van der Waals surface area contributed by atoms with Gasteiger partial charge < -0.3 is 15.4 Å². The van der Waals surface area contributed by atoms with Gasteiger partial charge in [-0.25, -0.2) is 0 Å². The smallest absolute Gasteiger partial charge is 0.313 e. The third-order valence-corrected chi connectivity index (χ3v) is 3.71. The van der Waals surface area contributed by atoms with E-state index in [1.807, 2.05) is 32.0 Å². The number of rotatable bonds is 8. The largest absolute Gasteiger partial charge is 0.491 e. The molecule has 0 radical (unpaired) electrons. The van der Waals surface area contributed by atoms with Crippen LogP contribution in [0.15, 0.2) is 54.6 Å². The Morgan fingerprint density at radius 2 is 1.62 bits per heavy atom. The van der Waals surface area contributed by atoms with E-state index in [4.69, 9.17) is 4.74 Å². The lowest BCUT2D eigenvalue weighted by molar-refractivity contribution is -0.136. The molecule has 0 aliphatic carbocycles. The van der Waals surface area contributed by atoms with Gasteiger partial charge in [0.05, 0.1) is 6.10 Å². The molecule has 5 heteroatoms. The summed E-state index contributed by atoms with van der Waals surface area (Å²) in [6.45, 7) is 4.38. The lowest BCUT2D eigenvalue weighted by Gasteiger charge is -2.10. The number of hydrogen-bond acceptors (Lipinski definition) is 3. The summed E-state index contributed by atoms with van der Waals surface area (Å²) >= 11 is 0. The molecule has 0 unspecified atom stereocenters. The highest BCUT2D eigenvalue weighted by atomic mass is 16.5. The normalized spacial score (nSPS) is 10.4. The summed E-state index contributed by atoms with van der Waals surface area (Å²) in [6, 6.07) is 17.1. The zero-order valence-electron chi connectivity index (χ0n) is 15.3. The number of aryl methyl sites for hydroxylation is 1. The minimum absolute atomic E-state index is 0.0862. The Bertz CT molecular complexity index is 697. The van der Waals surface area contributed by atoms with Gasteiger partial charge in [0.15, 0.2) is 0 Å². The number of hydrogen-bond donors (Lipinski definition) is 2. The SMILES string of the molecule is CC(C)Oc1ccc(NC(=O)C(=O)NCCCCc2ccccc2)cc1. The monoisotopic (exact) mass is 354 g/mol. The van der Waals surface area contributed by atoms with E-state index in [2.05, 4.69) is 22.8 Å². The van der Waals surface area contributed by atoms with Crippen LogP contribution >= 0.6 is 0 Å². The van der Waals surface area contributed by atoms with Crippen molar-refractivity contribution in [2.24, 2.45) is 0 Å². The summed E-state index contributed by atoms with van der Waals surface area (Å²) in [6.07, 6.45) is 2.84. The van der Waals surface area contributed by atoms with Crippen LogP contribution < -0.4 is 15.4 Å². The average molecular weight is 354 g/mol. The summed E-state index contributed by atoms with van der Waals surface area (Å²) in [7, 11) is 0. The van der Waals surface area contributed by atoms with E-state index >= 15 is 0 Å². The van der Waals surface area contributed by atoms with Gasteiger partial charge in [-0.2, -0.15) is 0 Å². The third-order valence-electron chi connectivity index (χ3n) is 3.71. The lowest BCUT2D eigenvalue weighted by Crippen LogP contribution is -2.35. The number of anilines is 1. The molecule has 0 spiro atoms. The van der Waals surface area contributed by atoms with Gasteiger partial charge in [-0.15, -0.1) is 0 Å². The summed E-state index contributed by atoms with van der Waals surface area (Å²) < 4.78 is 5.54. The highest BCUT2D eigenvalue weighted by Gasteiger charge is 2.13. The van der Waals surface area contributed by atoms with E-state index < -0.39 is 11.8 Å². The van der Waals surface area contributed by atoms with Gasteiger partial charge in [-0.05, 0) is 62.9 Å². The number of amides is 2. The minimum atomic E-state index is -0.661. The molecule has 0 aliphatic rings. The first-order valence-corrected chi connectivity index (χ1v) is 8.94. The van der Waals surface area contributed by atoms with Gasteiger partial charge in [-0.3, -0.25) is 9.59 Å². The van der Waals surface area contributed by atoms with Crippen LogP contribution in [0.2, 0.25) is 0 Å². The first-order valence-electron chi connectivity index (χ1n) is 8.94. The number of nitrogens with one attached hydrogen (secondary N) is 2. The molecule has 26 heavy (non-hydrogen) atoms. The number of carbonyl (C=O) groups excluding carboxylic acids is 2. The summed E-state index contributed by atoms with van der Waals surface area (Å²) in [5.74, 6) is -0.557. The van der Waals surface area contributed by atoms with Gasteiger partial charge in [0.2, 0.25) is 0 Å². The van der Waals surface area contributed by atoms with Crippen molar-refractivity contribution in [2.45, 2.75) is 39.2 Å². The fourth-order valence-electron chi connectivity index (χ4n) is 2.46. The lowest BCUT2D eigenvalue weighted by atomic mass is 10.1. The van der Waals surface area contributed by atoms with Crippen molar-refractivity contribution in [3.05, 3.63) is 60.2 Å². The van der Waals surface area contributed by atoms with Crippen molar-refractivity contribution in [1.82, 2.24) is 5.32 Å². The maximum Gasteiger partial charge on any atom is 0.313 e. The van der Waals surface area contributed by atoms with Gasteiger partial charge in [0.25, 0.3) is 0 Å². The fourth-order valence-corrected chi connectivity index (χ4v) is 2.46. The fraction of sp³-hybridized carbons (Fsp3) is 0.333. The van der Waals surface area contributed by atoms with Gasteiger partial charge in [-0.1, -0.05) is 30.3 Å². The summed E-state index contributed by atoms with van der Waals surface area (Å²) in [4.78, 5) is 23.8. The van der Waals surface area contributed by atoms with Crippen molar-refractivity contribution >= 4 is 17.5 Å². The summed E-state index contributed by atoms with van der Waals surface area (Å²) in [5.41, 5.74) is 1.84. The number of ether oxygens (including phenoxy) is 1. The molecule has 2 rings (SSSR count). The number of unbranched alkanes of at least 4 members (excludes halogenated alkanes) is 1. The Balaban J connectivity index is 1.66. The molecule has 138 valence electrons. The van der Waals surface area contributed by atoms with Gasteiger partial charge >= 0.3 is 11.8 Å². The predicted octanol–water partition coefficient (Wildman–Crippen LogP) is 3.55. The van der Waals surface area contributed by atoms with Crippen molar-refractivity contribution in [2.75, 3.05) is 11.9 Å². The first kappa shape index (κ1) is 19.5. The van der Waals surface area contributed by atoms with Crippen molar-refractivity contribution < 1.29 is 14.3 Å². The topological polar surface area (TPSA) is 67.4 Å². The number of benzene rings is 2. The van der Waals surface area contributed by atoms with E-state index in [1.54, 1.807) is 24.3 Å². The number of carbonyl (C=O) groups is 2. The van der Waals surface area contributed by atoms with Crippen LogP contribution in [0.3, 0.4) is 0 Å². The molecule has 2 aromatic rings. The highest BCUT2D eigenvalue weighted by Crippen LogP contribution is 2.16. The van der Waals surface area contributed by atoms with E-state index in [9.17, 15) is 9.59 Å². The zero-order chi connectivity index (χ0) is 18.8. The molecule has 2 N–H and O–H groups in total. The van der Waals surface area contributed by atoms with E-state index in [0.717, 1.165) is 25.0 Å². The average Bonchev–Trinajstić information content (AvgIpc) is 2.63. The Labute approximate surface area is 154 Å². The highest BCUT2D eigenvalue weighted by molar-refractivity contribution is 6.39. The van der Waals surface area contributed by atoms with Crippen LogP contribution in [0.4, 0.5) is 5.69 Å². The van der Waals surface area contributed by atoms with Crippen molar-refractivity contribution in [3.63, 3.8) is 0 Å². The Morgan fingerprint density at radius 1 is 0.923 bits per heavy atom. The maximum absolute atomic E-state index is 11.9. The second kappa shape index (κ2) is 10.2. The molecular formula is C21H26N2O3. The summed E-state index contributed by atoms with van der Waals surface area (Å²) in [5, 5.41) is 5.23. The van der Waals surface area contributed by atoms with Crippen molar-refractivity contribution in [3.8, 4) is 5.75 Å². The quantitative estimate of drug-likeness (QED) is 0.563. The zero-order valence-corrected chi connectivity index (χ0v) is 15.3. The molecule has 5 nitrogen and oxygen atoms in total. The predicted molar refractivity (Wildman–Crippen MR) is 103 cm³/mol. The first-order chi connectivity index (χ1) is 12.5.